The highest BCUT2D eigenvalue weighted by Gasteiger charge is 2.15. The van der Waals surface area contributed by atoms with Crippen LogP contribution < -0.4 is 0 Å². The zero-order valence-electron chi connectivity index (χ0n) is 14.1. The molecule has 0 aliphatic rings. The van der Waals surface area contributed by atoms with Gasteiger partial charge in [0.05, 0.1) is 0 Å². The highest BCUT2D eigenvalue weighted by Crippen LogP contribution is 2.26. The first-order valence-electron chi connectivity index (χ1n) is 8.29. The smallest absolute Gasteiger partial charge is 0.197 e. The van der Waals surface area contributed by atoms with Gasteiger partial charge in [0.25, 0.3) is 0 Å². The van der Waals surface area contributed by atoms with Crippen LogP contribution in [0.1, 0.15) is 19.2 Å². The van der Waals surface area contributed by atoms with E-state index in [2.05, 4.69) is 32.4 Å². The highest BCUT2D eigenvalue weighted by molar-refractivity contribution is 7.99. The van der Waals surface area contributed by atoms with E-state index in [0.29, 0.717) is 22.5 Å². The summed E-state index contributed by atoms with van der Waals surface area (Å²) >= 11 is 1.40. The van der Waals surface area contributed by atoms with Gasteiger partial charge in [0.15, 0.2) is 22.5 Å². The van der Waals surface area contributed by atoms with E-state index in [-0.39, 0.29) is 6.61 Å². The summed E-state index contributed by atoms with van der Waals surface area (Å²) in [5.41, 5.74) is 1.63. The Morgan fingerprint density at radius 2 is 1.85 bits per heavy atom. The van der Waals surface area contributed by atoms with Crippen LogP contribution in [0.25, 0.3) is 17.0 Å². The van der Waals surface area contributed by atoms with Crippen molar-refractivity contribution in [2.24, 2.45) is 0 Å². The van der Waals surface area contributed by atoms with Crippen LogP contribution in [0.4, 0.5) is 0 Å². The molecule has 3 aromatic heterocycles. The Morgan fingerprint density at radius 3 is 2.62 bits per heavy atom. The summed E-state index contributed by atoms with van der Waals surface area (Å²) in [6.07, 6.45) is 0.925. The van der Waals surface area contributed by atoms with Crippen LogP contribution >= 0.6 is 11.8 Å². The van der Waals surface area contributed by atoms with Gasteiger partial charge >= 0.3 is 0 Å². The quantitative estimate of drug-likeness (QED) is 0.559. The van der Waals surface area contributed by atoms with Crippen LogP contribution in [0.15, 0.2) is 52.6 Å². The molecule has 0 aliphatic heterocycles. The van der Waals surface area contributed by atoms with Crippen molar-refractivity contribution in [1.29, 1.82) is 0 Å². The summed E-state index contributed by atoms with van der Waals surface area (Å²) in [5.74, 6) is 1.25. The minimum absolute atomic E-state index is 0.135. The first kappa shape index (κ1) is 16.7. The van der Waals surface area contributed by atoms with Gasteiger partial charge in [0.2, 0.25) is 0 Å². The zero-order chi connectivity index (χ0) is 17.9. The Bertz CT molecular complexity index is 1030. The molecule has 0 fully saturated rings. The van der Waals surface area contributed by atoms with E-state index in [1.165, 1.54) is 11.8 Å². The van der Waals surface area contributed by atoms with Crippen LogP contribution in [0.5, 0.6) is 0 Å². The van der Waals surface area contributed by atoms with Gasteiger partial charge in [-0.15, -0.1) is 20.4 Å². The van der Waals surface area contributed by atoms with E-state index >= 15 is 0 Å². The van der Waals surface area contributed by atoms with Crippen LogP contribution in [0.2, 0.25) is 0 Å². The lowest BCUT2D eigenvalue weighted by atomic mass is 10.2. The molecule has 4 rings (SSSR count). The molecular weight excluding hydrogens is 350 g/mol. The maximum absolute atomic E-state index is 9.43. The van der Waals surface area contributed by atoms with Gasteiger partial charge in [-0.05, 0) is 30.3 Å². The van der Waals surface area contributed by atoms with E-state index < -0.39 is 0 Å². The van der Waals surface area contributed by atoms with Gasteiger partial charge in [-0.2, -0.15) is 9.61 Å². The summed E-state index contributed by atoms with van der Waals surface area (Å²) in [6, 6.07) is 13.6. The Hall–Kier alpha value is -2.78. The zero-order valence-corrected chi connectivity index (χ0v) is 15.0. The second-order valence-corrected chi connectivity index (χ2v) is 6.63. The minimum Gasteiger partial charge on any atom is -0.388 e. The number of aromatic nitrogens is 7. The topological polar surface area (TPSA) is 94.0 Å². The largest absolute Gasteiger partial charge is 0.388 e. The van der Waals surface area contributed by atoms with Gasteiger partial charge in [-0.3, -0.25) is 0 Å². The molecule has 1 aromatic carbocycles. The molecule has 4 aromatic rings. The van der Waals surface area contributed by atoms with E-state index in [4.69, 9.17) is 0 Å². The lowest BCUT2D eigenvalue weighted by Gasteiger charge is -2.07. The first-order chi connectivity index (χ1) is 12.8. The average molecular weight is 367 g/mol. The fraction of sp³-hybridized carbons (Fsp3) is 0.235. The Balaban J connectivity index is 1.71. The van der Waals surface area contributed by atoms with Crippen molar-refractivity contribution in [3.63, 3.8) is 0 Å². The third-order valence-corrected chi connectivity index (χ3v) is 4.76. The Morgan fingerprint density at radius 1 is 1.00 bits per heavy atom. The molecule has 0 spiro atoms. The van der Waals surface area contributed by atoms with E-state index in [9.17, 15) is 5.11 Å². The number of fused-ring (bicyclic) bond motifs is 1. The second-order valence-electron chi connectivity index (χ2n) is 5.64. The molecule has 0 saturated carbocycles. The SMILES string of the molecule is CCCn1c(CO)nnc1Sc1ccc2nnc(-c3ccccc3)n2n1. The molecule has 1 N–H and O–H groups in total. The molecular formula is C17H17N7OS. The van der Waals surface area contributed by atoms with Crippen molar-refractivity contribution in [1.82, 2.24) is 34.6 Å². The average Bonchev–Trinajstić information content (AvgIpc) is 3.27. The second kappa shape index (κ2) is 7.22. The van der Waals surface area contributed by atoms with Crippen molar-refractivity contribution in [3.8, 4) is 11.4 Å². The Labute approximate surface area is 153 Å². The van der Waals surface area contributed by atoms with Crippen LogP contribution in [0, 0.1) is 0 Å². The number of aliphatic hydroxyl groups is 1. The maximum Gasteiger partial charge on any atom is 0.197 e. The monoisotopic (exact) mass is 367 g/mol. The third-order valence-electron chi connectivity index (χ3n) is 3.85. The standard InChI is InChI=1S/C17H17N7OS/c1-2-10-23-14(11-25)19-21-17(23)26-15-9-8-13-18-20-16(24(13)22-15)12-6-4-3-5-7-12/h3-9,25H,2,10-11H2,1H3. The van der Waals surface area contributed by atoms with Gasteiger partial charge in [0, 0.05) is 12.1 Å². The van der Waals surface area contributed by atoms with Gasteiger partial charge in [-0.25, -0.2) is 0 Å². The number of hydrogen-bond acceptors (Lipinski definition) is 7. The number of aliphatic hydroxyl groups excluding tert-OH is 1. The number of rotatable bonds is 6. The molecule has 3 heterocycles. The van der Waals surface area contributed by atoms with Crippen molar-refractivity contribution < 1.29 is 5.11 Å². The molecule has 0 unspecified atom stereocenters. The molecule has 0 amide bonds. The predicted molar refractivity (Wildman–Crippen MR) is 96.6 cm³/mol. The summed E-state index contributed by atoms with van der Waals surface area (Å²) in [7, 11) is 0. The minimum atomic E-state index is -0.135. The van der Waals surface area contributed by atoms with E-state index in [1.807, 2.05) is 47.0 Å². The highest BCUT2D eigenvalue weighted by atomic mass is 32.2. The van der Waals surface area contributed by atoms with E-state index in [0.717, 1.165) is 23.6 Å². The number of hydrogen-bond donors (Lipinski definition) is 1. The van der Waals surface area contributed by atoms with Crippen LogP contribution in [-0.4, -0.2) is 39.7 Å². The van der Waals surface area contributed by atoms with E-state index in [1.54, 1.807) is 4.52 Å². The molecule has 26 heavy (non-hydrogen) atoms. The van der Waals surface area contributed by atoms with Crippen molar-refractivity contribution in [3.05, 3.63) is 48.3 Å². The molecule has 9 heteroatoms. The lowest BCUT2D eigenvalue weighted by molar-refractivity contribution is 0.263. The fourth-order valence-corrected chi connectivity index (χ4v) is 3.48. The third kappa shape index (κ3) is 3.06. The maximum atomic E-state index is 9.43. The van der Waals surface area contributed by atoms with Gasteiger partial charge in [0.1, 0.15) is 11.6 Å². The summed E-state index contributed by atoms with van der Waals surface area (Å²) in [4.78, 5) is 0. The first-order valence-corrected chi connectivity index (χ1v) is 9.10. The molecule has 8 nitrogen and oxygen atoms in total. The van der Waals surface area contributed by atoms with Crippen LogP contribution in [-0.2, 0) is 13.2 Å². The van der Waals surface area contributed by atoms with Crippen molar-refractivity contribution in [2.45, 2.75) is 36.7 Å². The van der Waals surface area contributed by atoms with Crippen molar-refractivity contribution in [2.75, 3.05) is 0 Å². The Kier molecular flexibility index (Phi) is 4.63. The van der Waals surface area contributed by atoms with Gasteiger partial charge in [-0.1, -0.05) is 37.3 Å². The number of nitrogens with zero attached hydrogens (tertiary/aromatic N) is 7. The summed E-state index contributed by atoms with van der Waals surface area (Å²) < 4.78 is 3.64. The summed E-state index contributed by atoms with van der Waals surface area (Å²) in [6.45, 7) is 2.68. The van der Waals surface area contributed by atoms with Gasteiger partial charge < -0.3 is 9.67 Å². The normalized spacial score (nSPS) is 11.3. The molecule has 0 saturated heterocycles. The molecule has 0 radical (unpaired) electrons. The lowest BCUT2D eigenvalue weighted by Crippen LogP contribution is -2.05. The number of benzene rings is 1. The molecule has 0 bridgehead atoms. The van der Waals surface area contributed by atoms with Crippen LogP contribution in [0.3, 0.4) is 0 Å². The molecule has 132 valence electrons. The fourth-order valence-electron chi connectivity index (χ4n) is 2.65. The molecule has 0 atom stereocenters. The summed E-state index contributed by atoms with van der Waals surface area (Å²) in [5, 5.41) is 32.2. The van der Waals surface area contributed by atoms with Crippen molar-refractivity contribution >= 4 is 17.4 Å². The predicted octanol–water partition coefficient (Wildman–Crippen LogP) is 2.44. The molecule has 0 aliphatic carbocycles.